The first-order valence-corrected chi connectivity index (χ1v) is 18.9. The molecule has 0 saturated carbocycles. The van der Waals surface area contributed by atoms with Crippen molar-refractivity contribution in [3.05, 3.63) is 156 Å². The fourth-order valence-electron chi connectivity index (χ4n) is 7.03. The van der Waals surface area contributed by atoms with Gasteiger partial charge in [0, 0.05) is 73.4 Å². The lowest BCUT2D eigenvalue weighted by molar-refractivity contribution is 1.30. The van der Waals surface area contributed by atoms with Crippen molar-refractivity contribution in [3.63, 3.8) is 0 Å². The van der Waals surface area contributed by atoms with Crippen molar-refractivity contribution in [2.24, 2.45) is 0 Å². The van der Waals surface area contributed by atoms with Gasteiger partial charge in [-0.2, -0.15) is 0 Å². The van der Waals surface area contributed by atoms with Gasteiger partial charge in [-0.15, -0.1) is 0 Å². The molecule has 11 heteroatoms. The molecule has 6 heterocycles. The highest BCUT2D eigenvalue weighted by molar-refractivity contribution is 6.41. The number of hydrogen-bond acceptors (Lipinski definition) is 3. The third-order valence-electron chi connectivity index (χ3n) is 9.36. The van der Waals surface area contributed by atoms with E-state index < -0.39 is 0 Å². The summed E-state index contributed by atoms with van der Waals surface area (Å²) in [5, 5.41) is 2.81. The predicted octanol–water partition coefficient (Wildman–Crippen LogP) is 14.6. The van der Waals surface area contributed by atoms with Gasteiger partial charge in [0.05, 0.1) is 52.9 Å². The maximum absolute atomic E-state index is 6.94. The summed E-state index contributed by atoms with van der Waals surface area (Å²) < 4.78 is 0. The molecule has 2 N–H and O–H groups in total. The summed E-state index contributed by atoms with van der Waals surface area (Å²) in [6.07, 6.45) is 11.3. The van der Waals surface area contributed by atoms with Crippen LogP contribution < -0.4 is 0 Å². The molecule has 0 saturated heterocycles. The number of hydrogen-bond donors (Lipinski definition) is 2. The van der Waals surface area contributed by atoms with Gasteiger partial charge in [-0.3, -0.25) is 4.98 Å². The van der Waals surface area contributed by atoms with Crippen LogP contribution in [0.1, 0.15) is 22.8 Å². The molecular weight excluding hydrogens is 799 g/mol. The standard InChI is InChI=1S/C43H23Cl6N5/c44-23-4-1-5-24(45)38(23)41-31-12-10-29(51-31)37(22-18-20-50-21-19-22)30-11-13-32(52-30)42(39-25(46)6-2-7-26(39)47)34-15-17-36(54-34)43(35-16-14-33(41)53-35)40-27(48)8-3-9-28(40)49/h1-21,51,54H. The number of benzene rings is 3. The van der Waals surface area contributed by atoms with Crippen molar-refractivity contribution in [3.8, 4) is 44.5 Å². The summed E-state index contributed by atoms with van der Waals surface area (Å²) in [5.41, 5.74) is 11.3. The summed E-state index contributed by atoms with van der Waals surface area (Å²) >= 11 is 41.6. The SMILES string of the molecule is Clc1cccc(Cl)c1-c1c2nc(c(-c3c(Cl)cccc3Cl)c3ccc([nH]3)c(-c3c(Cl)cccc3Cl)c3nc(c(-c4ccncc4)c4ccc1[nH]4)C=C3)C=C2. The van der Waals surface area contributed by atoms with Crippen LogP contribution in [0.25, 0.3) is 90.9 Å². The van der Waals surface area contributed by atoms with Crippen LogP contribution in [0.3, 0.4) is 0 Å². The van der Waals surface area contributed by atoms with Crippen molar-refractivity contribution in [2.45, 2.75) is 0 Å². The number of halogens is 6. The third kappa shape index (κ3) is 6.02. The fourth-order valence-corrected chi connectivity index (χ4v) is 8.79. The molecule has 0 spiro atoms. The fraction of sp³-hybridized carbons (Fsp3) is 0. The summed E-state index contributed by atoms with van der Waals surface area (Å²) in [6, 6.07) is 28.1. The van der Waals surface area contributed by atoms with Gasteiger partial charge in [0.1, 0.15) is 0 Å². The Bertz CT molecular complexity index is 2800. The zero-order valence-electron chi connectivity index (χ0n) is 27.7. The Labute approximate surface area is 339 Å². The highest BCUT2D eigenvalue weighted by Crippen LogP contribution is 2.45. The summed E-state index contributed by atoms with van der Waals surface area (Å²) in [4.78, 5) is 22.1. The summed E-state index contributed by atoms with van der Waals surface area (Å²) in [7, 11) is 0. The second-order valence-corrected chi connectivity index (χ2v) is 15.0. The largest absolute Gasteiger partial charge is 0.354 e. The van der Waals surface area contributed by atoms with E-state index in [4.69, 9.17) is 79.6 Å². The molecule has 262 valence electrons. The Hall–Kier alpha value is -4.85. The smallest absolute Gasteiger partial charge is 0.0738 e. The van der Waals surface area contributed by atoms with Gasteiger partial charge in [0.2, 0.25) is 0 Å². The minimum absolute atomic E-state index is 0.458. The molecule has 3 aromatic carbocycles. The van der Waals surface area contributed by atoms with E-state index in [1.54, 1.807) is 24.5 Å². The minimum Gasteiger partial charge on any atom is -0.354 e. The van der Waals surface area contributed by atoms with Gasteiger partial charge >= 0.3 is 0 Å². The molecule has 0 aliphatic carbocycles. The van der Waals surface area contributed by atoms with Crippen LogP contribution in [0.5, 0.6) is 0 Å². The molecule has 0 radical (unpaired) electrons. The normalized spacial score (nSPS) is 12.1. The number of aromatic amines is 2. The highest BCUT2D eigenvalue weighted by Gasteiger charge is 2.23. The van der Waals surface area contributed by atoms with Crippen LogP contribution in [0, 0.1) is 0 Å². The van der Waals surface area contributed by atoms with Crippen molar-refractivity contribution < 1.29 is 0 Å². The van der Waals surface area contributed by atoms with Crippen LogP contribution in [-0.2, 0) is 0 Å². The Kier molecular flexibility index (Phi) is 9.11. The molecule has 9 rings (SSSR count). The number of rotatable bonds is 4. The first-order valence-electron chi connectivity index (χ1n) is 16.7. The van der Waals surface area contributed by atoms with Gasteiger partial charge < -0.3 is 9.97 Å². The molecular formula is C43H23Cl6N5. The zero-order chi connectivity index (χ0) is 37.1. The van der Waals surface area contributed by atoms with E-state index in [1.165, 1.54) is 0 Å². The number of H-pyrrole nitrogens is 2. The molecule has 2 aliphatic heterocycles. The molecule has 54 heavy (non-hydrogen) atoms. The molecule has 0 atom stereocenters. The lowest BCUT2D eigenvalue weighted by atomic mass is 10.0. The van der Waals surface area contributed by atoms with E-state index in [1.807, 2.05) is 103 Å². The van der Waals surface area contributed by atoms with Crippen molar-refractivity contribution in [1.82, 2.24) is 24.9 Å². The van der Waals surface area contributed by atoms with E-state index in [2.05, 4.69) is 15.0 Å². The van der Waals surface area contributed by atoms with Gasteiger partial charge in [-0.05, 0) is 103 Å². The average molecular weight is 822 g/mol. The molecule has 2 aliphatic rings. The van der Waals surface area contributed by atoms with Crippen molar-refractivity contribution >= 4 is 116 Å². The highest BCUT2D eigenvalue weighted by atomic mass is 35.5. The van der Waals surface area contributed by atoms with E-state index in [0.717, 1.165) is 22.2 Å². The minimum atomic E-state index is 0.458. The monoisotopic (exact) mass is 819 g/mol. The molecule has 7 aromatic rings. The lowest BCUT2D eigenvalue weighted by Gasteiger charge is -2.11. The Morgan fingerprint density at radius 3 is 0.963 bits per heavy atom. The van der Waals surface area contributed by atoms with Crippen molar-refractivity contribution in [2.75, 3.05) is 0 Å². The number of nitrogens with zero attached hydrogens (tertiary/aromatic N) is 3. The lowest BCUT2D eigenvalue weighted by Crippen LogP contribution is -1.91. The zero-order valence-corrected chi connectivity index (χ0v) is 32.3. The molecule has 4 aromatic heterocycles. The summed E-state index contributed by atoms with van der Waals surface area (Å²) in [5.74, 6) is 0. The number of nitrogens with one attached hydrogen (secondary N) is 2. The van der Waals surface area contributed by atoms with Crippen LogP contribution in [0.4, 0.5) is 0 Å². The molecule has 8 bridgehead atoms. The van der Waals surface area contributed by atoms with E-state index >= 15 is 0 Å². The van der Waals surface area contributed by atoms with Gasteiger partial charge in [0.25, 0.3) is 0 Å². The average Bonchev–Trinajstić information content (AvgIpc) is 3.99. The van der Waals surface area contributed by atoms with Crippen molar-refractivity contribution in [1.29, 1.82) is 0 Å². The first-order chi connectivity index (χ1) is 26.3. The van der Waals surface area contributed by atoms with Gasteiger partial charge in [-0.25, -0.2) is 9.97 Å². The molecule has 5 nitrogen and oxygen atoms in total. The predicted molar refractivity (Wildman–Crippen MR) is 228 cm³/mol. The molecule has 0 fully saturated rings. The van der Waals surface area contributed by atoms with Gasteiger partial charge in [0.15, 0.2) is 0 Å². The second-order valence-electron chi connectivity index (χ2n) is 12.5. The Morgan fingerprint density at radius 2 is 0.630 bits per heavy atom. The van der Waals surface area contributed by atoms with E-state index in [-0.39, 0.29) is 0 Å². The number of fused-ring (bicyclic) bond motifs is 8. The van der Waals surface area contributed by atoms with Crippen LogP contribution in [-0.4, -0.2) is 24.9 Å². The van der Waals surface area contributed by atoms with Gasteiger partial charge in [-0.1, -0.05) is 87.8 Å². The van der Waals surface area contributed by atoms with Crippen LogP contribution >= 0.6 is 69.6 Å². The van der Waals surface area contributed by atoms with E-state index in [0.29, 0.717) is 97.3 Å². The van der Waals surface area contributed by atoms with Crippen LogP contribution in [0.2, 0.25) is 30.1 Å². The Morgan fingerprint density at radius 1 is 0.333 bits per heavy atom. The number of aromatic nitrogens is 5. The first kappa shape index (κ1) is 34.9. The summed E-state index contributed by atoms with van der Waals surface area (Å²) in [6.45, 7) is 0. The second kappa shape index (κ2) is 14.1. The molecule has 0 amide bonds. The van der Waals surface area contributed by atoms with Crippen LogP contribution in [0.15, 0.2) is 103 Å². The Balaban J connectivity index is 1.53. The van der Waals surface area contributed by atoms with E-state index in [9.17, 15) is 0 Å². The molecule has 0 unspecified atom stereocenters. The quantitative estimate of drug-likeness (QED) is 0.186. The topological polar surface area (TPSA) is 70.2 Å². The maximum atomic E-state index is 6.94. The number of pyridine rings is 1. The third-order valence-corrected chi connectivity index (χ3v) is 11.3. The maximum Gasteiger partial charge on any atom is 0.0738 e.